The zero-order valence-electron chi connectivity index (χ0n) is 21.6. The topological polar surface area (TPSA) is 0 Å². The third-order valence-electron chi connectivity index (χ3n) is 10.1. The molecular weight excluding hydrogens is 384 g/mol. The highest BCUT2D eigenvalue weighted by molar-refractivity contribution is 5.86. The summed E-state index contributed by atoms with van der Waals surface area (Å²) in [5, 5.41) is 0. The van der Waals surface area contributed by atoms with Crippen LogP contribution in [0.4, 0.5) is 0 Å². The minimum absolute atomic E-state index is 0.0538. The molecule has 0 fully saturated rings. The molecule has 0 saturated carbocycles. The Labute approximate surface area is 195 Å². The molecule has 3 aromatic carbocycles. The Hall–Kier alpha value is -2.34. The molecule has 0 amide bonds. The first kappa shape index (κ1) is 21.5. The largest absolute Gasteiger partial charge is 0.0619 e. The molecule has 0 nitrogen and oxygen atoms in total. The van der Waals surface area contributed by atoms with Gasteiger partial charge in [0.1, 0.15) is 0 Å². The molecule has 0 N–H and O–H groups in total. The Balaban J connectivity index is 1.77. The minimum atomic E-state index is 0.0538. The van der Waals surface area contributed by atoms with Crippen molar-refractivity contribution in [3.63, 3.8) is 0 Å². The van der Waals surface area contributed by atoms with Gasteiger partial charge in [-0.1, -0.05) is 97.9 Å². The Morgan fingerprint density at radius 3 is 1.59 bits per heavy atom. The fraction of sp³-hybridized carbons (Fsp3) is 0.438. The van der Waals surface area contributed by atoms with Gasteiger partial charge in [0.05, 0.1) is 0 Å². The molecule has 0 spiro atoms. The van der Waals surface area contributed by atoms with E-state index in [4.69, 9.17) is 0 Å². The van der Waals surface area contributed by atoms with E-state index in [1.54, 1.807) is 0 Å². The smallest absolute Gasteiger partial charge is 0.0158 e. The van der Waals surface area contributed by atoms with Gasteiger partial charge in [0.2, 0.25) is 0 Å². The molecular formula is C32H38. The molecule has 2 aliphatic carbocycles. The Morgan fingerprint density at radius 1 is 0.469 bits per heavy atom. The van der Waals surface area contributed by atoms with Gasteiger partial charge in [-0.25, -0.2) is 0 Å². The molecule has 0 heteroatoms. The van der Waals surface area contributed by atoms with Crippen molar-refractivity contribution in [1.82, 2.24) is 0 Å². The van der Waals surface area contributed by atoms with Crippen LogP contribution in [0.15, 0.2) is 48.5 Å². The quantitative estimate of drug-likeness (QED) is 0.367. The maximum atomic E-state index is 2.53. The van der Waals surface area contributed by atoms with Crippen molar-refractivity contribution in [2.24, 2.45) is 5.41 Å². The van der Waals surface area contributed by atoms with Crippen molar-refractivity contribution >= 4 is 0 Å². The number of hydrogen-bond acceptors (Lipinski definition) is 0. The first-order chi connectivity index (χ1) is 14.7. The van der Waals surface area contributed by atoms with E-state index in [9.17, 15) is 0 Å². The Kier molecular flexibility index (Phi) is 4.14. The van der Waals surface area contributed by atoms with Crippen LogP contribution in [0.5, 0.6) is 0 Å². The first-order valence-corrected chi connectivity index (χ1v) is 12.1. The minimum Gasteiger partial charge on any atom is -0.0619 e. The lowest BCUT2D eigenvalue weighted by Gasteiger charge is -2.44. The summed E-state index contributed by atoms with van der Waals surface area (Å²) >= 11 is 0. The summed E-state index contributed by atoms with van der Waals surface area (Å²) in [5.74, 6) is 0. The van der Waals surface area contributed by atoms with E-state index in [1.807, 2.05) is 0 Å². The maximum absolute atomic E-state index is 2.53. The van der Waals surface area contributed by atoms with Gasteiger partial charge in [0, 0.05) is 5.41 Å². The summed E-state index contributed by atoms with van der Waals surface area (Å²) in [6.07, 6.45) is 0. The molecule has 0 unspecified atom stereocenters. The van der Waals surface area contributed by atoms with Gasteiger partial charge in [-0.2, -0.15) is 0 Å². The van der Waals surface area contributed by atoms with Gasteiger partial charge in [-0.15, -0.1) is 0 Å². The van der Waals surface area contributed by atoms with Gasteiger partial charge in [-0.3, -0.25) is 0 Å². The average molecular weight is 423 g/mol. The summed E-state index contributed by atoms with van der Waals surface area (Å²) < 4.78 is 0. The van der Waals surface area contributed by atoms with Crippen LogP contribution in [0.3, 0.4) is 0 Å². The summed E-state index contributed by atoms with van der Waals surface area (Å²) in [6.45, 7) is 24.0. The molecule has 3 aromatic rings. The molecule has 0 heterocycles. The standard InChI is InChI=1S/C32H38/c1-19-15-26-24(21-13-11-12-14-25(21)29(26,3)4)17-22(19)23-18-28-27(16-20(23)2)30(5,6)32(9,10)31(28,7)8/h11-18H,1-10H3. The summed E-state index contributed by atoms with van der Waals surface area (Å²) in [6, 6.07) is 18.9. The fourth-order valence-corrected chi connectivity index (χ4v) is 6.63. The van der Waals surface area contributed by atoms with Crippen LogP contribution in [-0.4, -0.2) is 0 Å². The zero-order chi connectivity index (χ0) is 23.4. The molecule has 2 aliphatic rings. The van der Waals surface area contributed by atoms with Crippen molar-refractivity contribution in [1.29, 1.82) is 0 Å². The van der Waals surface area contributed by atoms with Gasteiger partial charge < -0.3 is 0 Å². The SMILES string of the molecule is Cc1cc2c(cc1-c1cc3c(cc1C)C(C)(C)C(C)(C)C3(C)C)-c1ccccc1C2(C)C. The predicted octanol–water partition coefficient (Wildman–Crippen LogP) is 8.87. The van der Waals surface area contributed by atoms with E-state index in [2.05, 4.69) is 118 Å². The molecule has 32 heavy (non-hydrogen) atoms. The second kappa shape index (κ2) is 6.16. The lowest BCUT2D eigenvalue weighted by molar-refractivity contribution is 0.125. The van der Waals surface area contributed by atoms with E-state index in [1.165, 1.54) is 55.6 Å². The summed E-state index contributed by atoms with van der Waals surface area (Å²) in [5.41, 5.74) is 14.8. The van der Waals surface area contributed by atoms with Crippen molar-refractivity contribution in [3.05, 3.63) is 81.9 Å². The number of aryl methyl sites for hydroxylation is 2. The van der Waals surface area contributed by atoms with Crippen molar-refractivity contribution in [2.45, 2.75) is 85.5 Å². The zero-order valence-corrected chi connectivity index (χ0v) is 21.6. The molecule has 0 aromatic heterocycles. The number of fused-ring (bicyclic) bond motifs is 4. The number of rotatable bonds is 1. The summed E-state index contributed by atoms with van der Waals surface area (Å²) in [7, 11) is 0. The molecule has 0 aliphatic heterocycles. The molecule has 0 bridgehead atoms. The van der Waals surface area contributed by atoms with Gasteiger partial charge in [0.25, 0.3) is 0 Å². The van der Waals surface area contributed by atoms with Crippen LogP contribution in [0.25, 0.3) is 22.3 Å². The van der Waals surface area contributed by atoms with Crippen LogP contribution < -0.4 is 0 Å². The van der Waals surface area contributed by atoms with E-state index in [-0.39, 0.29) is 21.7 Å². The second-order valence-electron chi connectivity index (χ2n) is 12.5. The van der Waals surface area contributed by atoms with Gasteiger partial charge in [0.15, 0.2) is 0 Å². The highest BCUT2D eigenvalue weighted by Gasteiger charge is 2.56. The fourth-order valence-electron chi connectivity index (χ4n) is 6.63. The molecule has 0 radical (unpaired) electrons. The number of benzene rings is 3. The van der Waals surface area contributed by atoms with Crippen molar-refractivity contribution < 1.29 is 0 Å². The monoisotopic (exact) mass is 422 g/mol. The lowest BCUT2D eigenvalue weighted by Crippen LogP contribution is -2.42. The van der Waals surface area contributed by atoms with E-state index in [0.29, 0.717) is 0 Å². The molecule has 166 valence electrons. The van der Waals surface area contributed by atoms with Crippen LogP contribution >= 0.6 is 0 Å². The van der Waals surface area contributed by atoms with Crippen LogP contribution in [0, 0.1) is 19.3 Å². The molecule has 5 rings (SSSR count). The first-order valence-electron chi connectivity index (χ1n) is 12.1. The van der Waals surface area contributed by atoms with Gasteiger partial charge >= 0.3 is 0 Å². The Bertz CT molecular complexity index is 1280. The average Bonchev–Trinajstić information content (AvgIpc) is 2.98. The predicted molar refractivity (Wildman–Crippen MR) is 139 cm³/mol. The number of hydrogen-bond donors (Lipinski definition) is 0. The summed E-state index contributed by atoms with van der Waals surface area (Å²) in [4.78, 5) is 0. The maximum Gasteiger partial charge on any atom is 0.0158 e. The van der Waals surface area contributed by atoms with E-state index >= 15 is 0 Å². The van der Waals surface area contributed by atoms with Crippen LogP contribution in [0.2, 0.25) is 0 Å². The van der Waals surface area contributed by atoms with Crippen molar-refractivity contribution in [3.8, 4) is 22.3 Å². The van der Waals surface area contributed by atoms with Crippen LogP contribution in [-0.2, 0) is 16.2 Å². The van der Waals surface area contributed by atoms with E-state index in [0.717, 1.165) is 0 Å². The van der Waals surface area contributed by atoms with E-state index < -0.39 is 0 Å². The second-order valence-corrected chi connectivity index (χ2v) is 12.5. The third-order valence-corrected chi connectivity index (χ3v) is 10.1. The van der Waals surface area contributed by atoms with Crippen molar-refractivity contribution in [2.75, 3.05) is 0 Å². The molecule has 0 atom stereocenters. The van der Waals surface area contributed by atoms with Gasteiger partial charge in [-0.05, 0) is 91.8 Å². The highest BCUT2D eigenvalue weighted by atomic mass is 14.6. The van der Waals surface area contributed by atoms with Crippen LogP contribution in [0.1, 0.15) is 88.8 Å². The third kappa shape index (κ3) is 2.39. The molecule has 0 saturated heterocycles. The Morgan fingerprint density at radius 2 is 0.969 bits per heavy atom. The highest BCUT2D eigenvalue weighted by Crippen LogP contribution is 2.62. The normalized spacial score (nSPS) is 20.6. The lowest BCUT2D eigenvalue weighted by atomic mass is 9.59.